The molecule has 1 fully saturated rings. The number of fused-ring (bicyclic) bond motifs is 1. The van der Waals surface area contributed by atoms with Gasteiger partial charge >= 0.3 is 5.97 Å². The predicted octanol–water partition coefficient (Wildman–Crippen LogP) is 4.31. The van der Waals surface area contributed by atoms with Gasteiger partial charge in [-0.05, 0) is 36.6 Å². The minimum Gasteiger partial charge on any atom is -0.475 e. The lowest BCUT2D eigenvalue weighted by atomic mass is 10.2. The number of carboxylic acids is 1. The third-order valence-corrected chi connectivity index (χ3v) is 5.02. The molecule has 3 rings (SSSR count). The SMILES string of the molecule is O=C(O)c1cc2cc(CSC3CCCC3)ccc2o1. The minimum atomic E-state index is -1.02. The molecule has 0 bridgehead atoms. The van der Waals surface area contributed by atoms with E-state index in [0.717, 1.165) is 16.4 Å². The number of thioether (sulfide) groups is 1. The molecule has 19 heavy (non-hydrogen) atoms. The fraction of sp³-hybridized carbons (Fsp3) is 0.400. The molecule has 0 radical (unpaired) electrons. The Hall–Kier alpha value is -1.42. The van der Waals surface area contributed by atoms with Gasteiger partial charge in [-0.3, -0.25) is 0 Å². The first-order valence-corrected chi connectivity index (χ1v) is 7.64. The van der Waals surface area contributed by atoms with Crippen molar-refractivity contribution in [1.29, 1.82) is 0 Å². The molecule has 100 valence electrons. The Labute approximate surface area is 116 Å². The van der Waals surface area contributed by atoms with Crippen molar-refractivity contribution in [1.82, 2.24) is 0 Å². The summed E-state index contributed by atoms with van der Waals surface area (Å²) in [6, 6.07) is 7.53. The van der Waals surface area contributed by atoms with Gasteiger partial charge in [-0.2, -0.15) is 11.8 Å². The van der Waals surface area contributed by atoms with Crippen LogP contribution in [-0.2, 0) is 5.75 Å². The average molecular weight is 276 g/mol. The molecule has 0 unspecified atom stereocenters. The van der Waals surface area contributed by atoms with Crippen LogP contribution >= 0.6 is 11.8 Å². The zero-order chi connectivity index (χ0) is 13.2. The van der Waals surface area contributed by atoms with E-state index in [2.05, 4.69) is 0 Å². The summed E-state index contributed by atoms with van der Waals surface area (Å²) in [5.41, 5.74) is 1.88. The Morgan fingerprint density at radius 1 is 1.32 bits per heavy atom. The van der Waals surface area contributed by atoms with Crippen molar-refractivity contribution in [2.24, 2.45) is 0 Å². The molecular weight excluding hydrogens is 260 g/mol. The molecule has 2 aromatic rings. The molecule has 0 amide bonds. The standard InChI is InChI=1S/C15H16O3S/c16-15(17)14-8-11-7-10(5-6-13(11)18-14)9-19-12-3-1-2-4-12/h5-8,12H,1-4,9H2,(H,16,17). The quantitative estimate of drug-likeness (QED) is 0.904. The maximum atomic E-state index is 10.9. The molecule has 0 aliphatic heterocycles. The third kappa shape index (κ3) is 2.78. The first-order valence-electron chi connectivity index (χ1n) is 6.60. The molecular formula is C15H16O3S. The van der Waals surface area contributed by atoms with Crippen LogP contribution in [0, 0.1) is 0 Å². The highest BCUT2D eigenvalue weighted by Crippen LogP contribution is 2.32. The highest BCUT2D eigenvalue weighted by atomic mass is 32.2. The number of rotatable bonds is 4. The summed E-state index contributed by atoms with van der Waals surface area (Å²) in [5.74, 6) is -0.0116. The minimum absolute atomic E-state index is 0.00981. The van der Waals surface area contributed by atoms with Crippen molar-refractivity contribution in [3.05, 3.63) is 35.6 Å². The summed E-state index contributed by atoms with van der Waals surface area (Å²) < 4.78 is 5.26. The Morgan fingerprint density at radius 3 is 2.84 bits per heavy atom. The van der Waals surface area contributed by atoms with Gasteiger partial charge in [-0.15, -0.1) is 0 Å². The van der Waals surface area contributed by atoms with E-state index in [1.165, 1.54) is 31.2 Å². The number of carboxylic acid groups (broad SMARTS) is 1. The lowest BCUT2D eigenvalue weighted by Gasteiger charge is -2.08. The van der Waals surface area contributed by atoms with Crippen molar-refractivity contribution in [3.63, 3.8) is 0 Å². The van der Waals surface area contributed by atoms with E-state index in [4.69, 9.17) is 9.52 Å². The van der Waals surface area contributed by atoms with Gasteiger partial charge in [-0.25, -0.2) is 4.79 Å². The second-order valence-corrected chi connectivity index (χ2v) is 6.29. The van der Waals surface area contributed by atoms with E-state index < -0.39 is 5.97 Å². The highest BCUT2D eigenvalue weighted by Gasteiger charge is 2.15. The van der Waals surface area contributed by atoms with Crippen molar-refractivity contribution in [2.75, 3.05) is 0 Å². The van der Waals surface area contributed by atoms with Crippen LogP contribution in [0.2, 0.25) is 0 Å². The molecule has 1 N–H and O–H groups in total. The first-order chi connectivity index (χ1) is 9.22. The lowest BCUT2D eigenvalue weighted by Crippen LogP contribution is -1.94. The molecule has 1 aliphatic rings. The molecule has 3 nitrogen and oxygen atoms in total. The lowest BCUT2D eigenvalue weighted by molar-refractivity contribution is 0.0665. The van der Waals surface area contributed by atoms with E-state index in [9.17, 15) is 4.79 Å². The van der Waals surface area contributed by atoms with Crippen molar-refractivity contribution >= 4 is 28.7 Å². The Morgan fingerprint density at radius 2 is 2.11 bits per heavy atom. The number of hydrogen-bond acceptors (Lipinski definition) is 3. The van der Waals surface area contributed by atoms with Gasteiger partial charge in [0, 0.05) is 16.4 Å². The van der Waals surface area contributed by atoms with Crippen LogP contribution in [0.4, 0.5) is 0 Å². The van der Waals surface area contributed by atoms with E-state index >= 15 is 0 Å². The fourth-order valence-corrected chi connectivity index (χ4v) is 3.83. The van der Waals surface area contributed by atoms with Crippen LogP contribution in [0.1, 0.15) is 41.8 Å². The van der Waals surface area contributed by atoms with Gasteiger partial charge in [0.1, 0.15) is 5.58 Å². The Kier molecular flexibility index (Phi) is 3.51. The maximum Gasteiger partial charge on any atom is 0.371 e. The summed E-state index contributed by atoms with van der Waals surface area (Å²) in [6.07, 6.45) is 5.39. The predicted molar refractivity (Wildman–Crippen MR) is 76.7 cm³/mol. The first kappa shape index (κ1) is 12.6. The van der Waals surface area contributed by atoms with E-state index in [0.29, 0.717) is 5.58 Å². The smallest absolute Gasteiger partial charge is 0.371 e. The van der Waals surface area contributed by atoms with Crippen LogP contribution < -0.4 is 0 Å². The van der Waals surface area contributed by atoms with Gasteiger partial charge in [0.05, 0.1) is 0 Å². The van der Waals surface area contributed by atoms with Gasteiger partial charge in [0.25, 0.3) is 0 Å². The monoisotopic (exact) mass is 276 g/mol. The highest BCUT2D eigenvalue weighted by molar-refractivity contribution is 7.99. The fourth-order valence-electron chi connectivity index (χ4n) is 2.56. The van der Waals surface area contributed by atoms with E-state index in [-0.39, 0.29) is 5.76 Å². The van der Waals surface area contributed by atoms with Gasteiger partial charge in [0.2, 0.25) is 5.76 Å². The Balaban J connectivity index is 1.74. The number of carbonyl (C=O) groups is 1. The molecule has 1 aliphatic carbocycles. The molecule has 4 heteroatoms. The molecule has 1 aromatic carbocycles. The summed E-state index contributed by atoms with van der Waals surface area (Å²) in [4.78, 5) is 10.9. The average Bonchev–Trinajstić information content (AvgIpc) is 3.04. The Bertz CT molecular complexity index is 596. The van der Waals surface area contributed by atoms with Crippen molar-refractivity contribution in [3.8, 4) is 0 Å². The van der Waals surface area contributed by atoms with Crippen LogP contribution in [-0.4, -0.2) is 16.3 Å². The largest absolute Gasteiger partial charge is 0.475 e. The molecule has 1 saturated carbocycles. The molecule has 0 spiro atoms. The van der Waals surface area contributed by atoms with Crippen molar-refractivity contribution in [2.45, 2.75) is 36.7 Å². The van der Waals surface area contributed by atoms with E-state index in [1.807, 2.05) is 30.0 Å². The van der Waals surface area contributed by atoms with Crippen LogP contribution in [0.15, 0.2) is 28.7 Å². The normalized spacial score (nSPS) is 16.2. The number of aromatic carboxylic acids is 1. The van der Waals surface area contributed by atoms with Gasteiger partial charge < -0.3 is 9.52 Å². The van der Waals surface area contributed by atoms with Crippen LogP contribution in [0.3, 0.4) is 0 Å². The summed E-state index contributed by atoms with van der Waals surface area (Å²) in [6.45, 7) is 0. The zero-order valence-electron chi connectivity index (χ0n) is 10.6. The number of hydrogen-bond donors (Lipinski definition) is 1. The second-order valence-electron chi connectivity index (χ2n) is 5.01. The second kappa shape index (κ2) is 5.29. The molecule has 0 atom stereocenters. The zero-order valence-corrected chi connectivity index (χ0v) is 11.4. The maximum absolute atomic E-state index is 10.9. The van der Waals surface area contributed by atoms with Gasteiger partial charge in [0.15, 0.2) is 0 Å². The van der Waals surface area contributed by atoms with E-state index in [1.54, 1.807) is 6.07 Å². The van der Waals surface area contributed by atoms with Gasteiger partial charge in [-0.1, -0.05) is 18.9 Å². The molecule has 1 aromatic heterocycles. The van der Waals surface area contributed by atoms with Crippen LogP contribution in [0.5, 0.6) is 0 Å². The third-order valence-electron chi connectivity index (χ3n) is 3.58. The number of benzene rings is 1. The van der Waals surface area contributed by atoms with Crippen molar-refractivity contribution < 1.29 is 14.3 Å². The summed E-state index contributed by atoms with van der Waals surface area (Å²) in [7, 11) is 0. The molecule has 0 saturated heterocycles. The summed E-state index contributed by atoms with van der Waals surface area (Å²) >= 11 is 2.01. The topological polar surface area (TPSA) is 50.4 Å². The molecule has 1 heterocycles. The number of furan rings is 1. The summed E-state index contributed by atoms with van der Waals surface area (Å²) in [5, 5.41) is 10.6. The van der Waals surface area contributed by atoms with Crippen LogP contribution in [0.25, 0.3) is 11.0 Å².